The second-order valence-electron chi connectivity index (χ2n) is 7.24. The van der Waals surface area contributed by atoms with Gasteiger partial charge >= 0.3 is 6.18 Å². The summed E-state index contributed by atoms with van der Waals surface area (Å²) in [5.74, 6) is -2.11. The van der Waals surface area contributed by atoms with Crippen molar-refractivity contribution in [2.24, 2.45) is 0 Å². The maximum atomic E-state index is 15.0. The second kappa shape index (κ2) is 8.22. The molecule has 1 aliphatic rings. The predicted octanol–water partition coefficient (Wildman–Crippen LogP) is 7.01. The number of imidazole rings is 1. The number of benzene rings is 1. The van der Waals surface area contributed by atoms with Crippen molar-refractivity contribution in [3.63, 3.8) is 0 Å². The van der Waals surface area contributed by atoms with Crippen molar-refractivity contribution in [3.05, 3.63) is 76.1 Å². The molecule has 0 aliphatic heterocycles. The van der Waals surface area contributed by atoms with Gasteiger partial charge in [-0.2, -0.15) is 13.2 Å². The van der Waals surface area contributed by atoms with Crippen molar-refractivity contribution >= 4 is 34.3 Å². The third kappa shape index (κ3) is 3.86. The van der Waals surface area contributed by atoms with E-state index in [1.165, 1.54) is 19.2 Å². The molecule has 0 saturated carbocycles. The van der Waals surface area contributed by atoms with Crippen LogP contribution in [0.25, 0.3) is 11.2 Å². The zero-order valence-corrected chi connectivity index (χ0v) is 17.7. The molecule has 2 heterocycles. The molecule has 10 heteroatoms. The Morgan fingerprint density at radius 1 is 1.16 bits per heavy atom. The summed E-state index contributed by atoms with van der Waals surface area (Å²) in [6, 6.07) is 8.29. The molecule has 0 bridgehead atoms. The first-order valence-corrected chi connectivity index (χ1v) is 9.90. The number of rotatable bonds is 4. The highest BCUT2D eigenvalue weighted by Crippen LogP contribution is 2.42. The molecule has 4 nitrogen and oxygen atoms in total. The van der Waals surface area contributed by atoms with Crippen molar-refractivity contribution in [2.45, 2.75) is 25.6 Å². The van der Waals surface area contributed by atoms with Gasteiger partial charge < -0.3 is 10.1 Å². The molecular weight excluding hydrogens is 453 g/mol. The summed E-state index contributed by atoms with van der Waals surface area (Å²) in [5, 5.41) is 3.08. The minimum atomic E-state index is -4.75. The number of aryl methyl sites for hydroxylation is 1. The van der Waals surface area contributed by atoms with Gasteiger partial charge in [-0.1, -0.05) is 29.8 Å². The van der Waals surface area contributed by atoms with Crippen molar-refractivity contribution in [1.29, 1.82) is 0 Å². The normalized spacial score (nSPS) is 17.1. The first kappa shape index (κ1) is 22.3. The van der Waals surface area contributed by atoms with E-state index in [0.717, 1.165) is 16.5 Å². The van der Waals surface area contributed by atoms with E-state index in [9.17, 15) is 22.0 Å². The maximum absolute atomic E-state index is 15.0. The Kier molecular flexibility index (Phi) is 5.72. The van der Waals surface area contributed by atoms with Gasteiger partial charge in [0.1, 0.15) is 34.5 Å². The van der Waals surface area contributed by atoms with Gasteiger partial charge in [-0.05, 0) is 36.8 Å². The lowest BCUT2D eigenvalue weighted by atomic mass is 9.99. The van der Waals surface area contributed by atoms with Crippen LogP contribution in [0, 0.1) is 6.92 Å². The highest BCUT2D eigenvalue weighted by molar-refractivity contribution is 6.33. The van der Waals surface area contributed by atoms with Crippen LogP contribution in [0.3, 0.4) is 0 Å². The molecule has 1 N–H and O–H groups in total. The van der Waals surface area contributed by atoms with Gasteiger partial charge in [-0.3, -0.25) is 4.40 Å². The molecule has 4 rings (SSSR count). The minimum absolute atomic E-state index is 0.135. The highest BCUT2D eigenvalue weighted by Gasteiger charge is 2.36. The quantitative estimate of drug-likeness (QED) is 0.418. The Balaban J connectivity index is 2.02. The van der Waals surface area contributed by atoms with Gasteiger partial charge in [0.15, 0.2) is 0 Å². The van der Waals surface area contributed by atoms with Crippen molar-refractivity contribution in [2.75, 3.05) is 12.4 Å². The van der Waals surface area contributed by atoms with Crippen LogP contribution in [-0.4, -0.2) is 22.6 Å². The number of nitrogens with one attached hydrogen (secondary N) is 1. The van der Waals surface area contributed by atoms with E-state index < -0.39 is 35.2 Å². The topological polar surface area (TPSA) is 38.6 Å². The van der Waals surface area contributed by atoms with Crippen molar-refractivity contribution in [1.82, 2.24) is 9.38 Å². The molecule has 0 saturated heterocycles. The van der Waals surface area contributed by atoms with Gasteiger partial charge in [0.2, 0.25) is 0 Å². The number of methoxy groups -OCH3 is 1. The molecule has 0 radical (unpaired) electrons. The largest absolute Gasteiger partial charge is 0.431 e. The summed E-state index contributed by atoms with van der Waals surface area (Å²) in [7, 11) is 1.31. The maximum Gasteiger partial charge on any atom is 0.431 e. The molecule has 1 aromatic carbocycles. The summed E-state index contributed by atoms with van der Waals surface area (Å²) in [5.41, 5.74) is -1.10. The Bertz CT molecular complexity index is 1240. The van der Waals surface area contributed by atoms with Gasteiger partial charge in [-0.15, -0.1) is 0 Å². The zero-order chi connectivity index (χ0) is 23.2. The van der Waals surface area contributed by atoms with Crippen LogP contribution in [-0.2, 0) is 10.9 Å². The number of hydrogen-bond donors (Lipinski definition) is 1. The lowest BCUT2D eigenvalue weighted by Crippen LogP contribution is -2.15. The summed E-state index contributed by atoms with van der Waals surface area (Å²) in [4.78, 5) is 4.16. The van der Waals surface area contributed by atoms with Gasteiger partial charge in [0.05, 0.1) is 22.4 Å². The Morgan fingerprint density at radius 2 is 1.88 bits per heavy atom. The molecule has 0 fully saturated rings. The monoisotopic (exact) mass is 469 g/mol. The van der Waals surface area contributed by atoms with E-state index in [1.807, 2.05) is 0 Å². The van der Waals surface area contributed by atoms with Crippen molar-refractivity contribution in [3.8, 4) is 0 Å². The summed E-state index contributed by atoms with van der Waals surface area (Å²) in [6.45, 7) is 1.70. The van der Waals surface area contributed by atoms with Crippen LogP contribution >= 0.6 is 11.6 Å². The SMILES string of the molecule is COC1C=C(F)C(c2nc3cccc(C(F)(F)F)n3c2Nc2c(C)cccc2Cl)=C(F)C1. The fourth-order valence-electron chi connectivity index (χ4n) is 3.62. The van der Waals surface area contributed by atoms with Crippen LogP contribution < -0.4 is 5.32 Å². The predicted molar refractivity (Wildman–Crippen MR) is 112 cm³/mol. The molecule has 2 aromatic heterocycles. The minimum Gasteiger partial charge on any atom is -0.377 e. The number of hydrogen-bond acceptors (Lipinski definition) is 3. The van der Waals surface area contributed by atoms with E-state index in [-0.39, 0.29) is 28.6 Å². The smallest absolute Gasteiger partial charge is 0.377 e. The highest BCUT2D eigenvalue weighted by atomic mass is 35.5. The van der Waals surface area contributed by atoms with Crippen LogP contribution in [0.5, 0.6) is 0 Å². The number of pyridine rings is 1. The number of allylic oxidation sites excluding steroid dienone is 2. The van der Waals surface area contributed by atoms with Crippen LogP contribution in [0.1, 0.15) is 23.4 Å². The van der Waals surface area contributed by atoms with Crippen LogP contribution in [0.15, 0.2) is 54.1 Å². The molecule has 1 aliphatic carbocycles. The number of nitrogens with zero attached hydrogens (tertiary/aromatic N) is 2. The summed E-state index contributed by atoms with van der Waals surface area (Å²) < 4.78 is 77.1. The van der Waals surface area contributed by atoms with E-state index in [0.29, 0.717) is 11.3 Å². The average Bonchev–Trinajstić information content (AvgIpc) is 3.07. The zero-order valence-electron chi connectivity index (χ0n) is 16.9. The summed E-state index contributed by atoms with van der Waals surface area (Å²) in [6.07, 6.45) is -4.79. The van der Waals surface area contributed by atoms with E-state index in [1.54, 1.807) is 25.1 Å². The number of fused-ring (bicyclic) bond motifs is 1. The lowest BCUT2D eigenvalue weighted by molar-refractivity contribution is -0.141. The Labute approximate surface area is 185 Å². The number of aromatic nitrogens is 2. The van der Waals surface area contributed by atoms with Crippen LogP contribution in [0.2, 0.25) is 5.02 Å². The third-order valence-electron chi connectivity index (χ3n) is 5.16. The molecule has 1 unspecified atom stereocenters. The lowest BCUT2D eigenvalue weighted by Gasteiger charge is -2.20. The second-order valence-corrected chi connectivity index (χ2v) is 7.65. The average molecular weight is 470 g/mol. The van der Waals surface area contributed by atoms with Gasteiger partial charge in [0.25, 0.3) is 0 Å². The number of alkyl halides is 3. The molecule has 1 atom stereocenters. The molecule has 0 spiro atoms. The molecule has 0 amide bonds. The standard InChI is InChI=1S/C22H17ClF5N3O/c1-11-5-3-6-13(23)19(11)30-21-20(18-14(24)9-12(32-2)10-15(18)25)29-17-8-4-7-16(31(17)21)22(26,27)28/h3-9,12,30H,10H2,1-2H3. The van der Waals surface area contributed by atoms with E-state index in [4.69, 9.17) is 16.3 Å². The van der Waals surface area contributed by atoms with Gasteiger partial charge in [-0.25, -0.2) is 13.8 Å². The van der Waals surface area contributed by atoms with Crippen LogP contribution in [0.4, 0.5) is 33.5 Å². The first-order valence-electron chi connectivity index (χ1n) is 9.52. The summed E-state index contributed by atoms with van der Waals surface area (Å²) >= 11 is 6.26. The van der Waals surface area contributed by atoms with Gasteiger partial charge in [0, 0.05) is 13.5 Å². The van der Waals surface area contributed by atoms with Crippen molar-refractivity contribution < 1.29 is 26.7 Å². The molecule has 3 aromatic rings. The number of anilines is 2. The number of para-hydroxylation sites is 1. The Morgan fingerprint density at radius 3 is 2.50 bits per heavy atom. The molecular formula is C22H17ClF5N3O. The van der Waals surface area contributed by atoms with E-state index in [2.05, 4.69) is 10.3 Å². The molecule has 32 heavy (non-hydrogen) atoms. The first-order chi connectivity index (χ1) is 15.1. The Hall–Kier alpha value is -2.91. The number of ether oxygens (including phenoxy) is 1. The van der Waals surface area contributed by atoms with E-state index >= 15 is 0 Å². The fraction of sp³-hybridized carbons (Fsp3) is 0.227. The molecule has 168 valence electrons. The fourth-order valence-corrected chi connectivity index (χ4v) is 3.89. The third-order valence-corrected chi connectivity index (χ3v) is 5.48. The number of halogens is 6.